The number of benzene rings is 2. The molecule has 0 fully saturated rings. The van der Waals surface area contributed by atoms with Crippen LogP contribution >= 0.6 is 11.3 Å². The normalized spacial score (nSPS) is 10.6. The summed E-state index contributed by atoms with van der Waals surface area (Å²) in [7, 11) is 0. The first kappa shape index (κ1) is 16.5. The second-order valence-corrected chi connectivity index (χ2v) is 6.25. The number of nitrogens with zero attached hydrogens (tertiary/aromatic N) is 2. The van der Waals surface area contributed by atoms with Crippen molar-refractivity contribution < 1.29 is 19.6 Å². The van der Waals surface area contributed by atoms with Crippen LogP contribution in [0.2, 0.25) is 0 Å². The predicted molar refractivity (Wildman–Crippen MR) is 89.7 cm³/mol. The number of non-ortho nitro benzene ring substituents is 1. The molecular weight excluding hydrogens is 346 g/mol. The lowest BCUT2D eigenvalue weighted by molar-refractivity contribution is -0.384. The lowest BCUT2D eigenvalue weighted by atomic mass is 10.0. The molecule has 0 bridgehead atoms. The first-order chi connectivity index (χ1) is 11.8. The molecule has 3 aromatic rings. The van der Waals surface area contributed by atoms with Crippen molar-refractivity contribution in [2.24, 2.45) is 0 Å². The van der Waals surface area contributed by atoms with Crippen LogP contribution in [0.3, 0.4) is 0 Å². The topological polar surface area (TPSA) is 125 Å². The van der Waals surface area contributed by atoms with Gasteiger partial charge in [-0.15, -0.1) is 0 Å². The third-order valence-corrected chi connectivity index (χ3v) is 4.39. The summed E-state index contributed by atoms with van der Waals surface area (Å²) < 4.78 is 0.658. The van der Waals surface area contributed by atoms with Crippen LogP contribution in [0, 0.1) is 17.0 Å². The molecular formula is C16H10N3O5S-. The average Bonchev–Trinajstić information content (AvgIpc) is 2.95. The van der Waals surface area contributed by atoms with Crippen molar-refractivity contribution in [2.45, 2.75) is 6.92 Å². The summed E-state index contributed by atoms with van der Waals surface area (Å²) in [5.74, 6) is -2.10. The van der Waals surface area contributed by atoms with E-state index < -0.39 is 16.8 Å². The van der Waals surface area contributed by atoms with Gasteiger partial charge in [0.05, 0.1) is 21.1 Å². The van der Waals surface area contributed by atoms with Crippen LogP contribution in [-0.4, -0.2) is 21.8 Å². The number of rotatable bonds is 4. The average molecular weight is 356 g/mol. The van der Waals surface area contributed by atoms with E-state index in [-0.39, 0.29) is 21.9 Å². The third-order valence-electron chi connectivity index (χ3n) is 3.44. The van der Waals surface area contributed by atoms with Crippen molar-refractivity contribution >= 4 is 44.2 Å². The Morgan fingerprint density at radius 3 is 2.60 bits per heavy atom. The SMILES string of the molecule is Cc1ccc(C(=O)[O-])c(C(=O)Nc2nc3cc([N+](=O)[O-])ccc3s2)c1. The summed E-state index contributed by atoms with van der Waals surface area (Å²) in [5.41, 5.74) is 0.729. The summed E-state index contributed by atoms with van der Waals surface area (Å²) in [6, 6.07) is 8.51. The maximum Gasteiger partial charge on any atom is 0.271 e. The van der Waals surface area contributed by atoms with E-state index in [2.05, 4.69) is 10.3 Å². The molecule has 126 valence electrons. The third kappa shape index (κ3) is 3.31. The first-order valence-corrected chi connectivity index (χ1v) is 7.85. The monoisotopic (exact) mass is 356 g/mol. The Morgan fingerprint density at radius 2 is 1.92 bits per heavy atom. The molecule has 0 aliphatic rings. The predicted octanol–water partition coefficient (Wildman–Crippen LogP) is 2.13. The number of nitro benzene ring substituents is 1. The van der Waals surface area contributed by atoms with Gasteiger partial charge in [0.1, 0.15) is 0 Å². The van der Waals surface area contributed by atoms with Gasteiger partial charge < -0.3 is 9.90 Å². The van der Waals surface area contributed by atoms with Gasteiger partial charge in [-0.3, -0.25) is 20.2 Å². The Balaban J connectivity index is 1.93. The maximum absolute atomic E-state index is 12.4. The fourth-order valence-electron chi connectivity index (χ4n) is 2.27. The largest absolute Gasteiger partial charge is 0.545 e. The number of carbonyl (C=O) groups is 2. The van der Waals surface area contributed by atoms with E-state index >= 15 is 0 Å². The summed E-state index contributed by atoms with van der Waals surface area (Å²) in [6.07, 6.45) is 0. The summed E-state index contributed by atoms with van der Waals surface area (Å²) in [4.78, 5) is 38.0. The molecule has 0 saturated heterocycles. The van der Waals surface area contributed by atoms with E-state index in [9.17, 15) is 24.8 Å². The summed E-state index contributed by atoms with van der Waals surface area (Å²) in [5, 5.41) is 24.7. The van der Waals surface area contributed by atoms with E-state index in [1.54, 1.807) is 19.1 Å². The molecule has 2 aromatic carbocycles. The van der Waals surface area contributed by atoms with Crippen LogP contribution in [0.15, 0.2) is 36.4 Å². The van der Waals surface area contributed by atoms with Crippen molar-refractivity contribution in [2.75, 3.05) is 5.32 Å². The molecule has 1 amide bonds. The minimum absolute atomic E-state index is 0.0368. The molecule has 0 saturated carbocycles. The van der Waals surface area contributed by atoms with Crippen molar-refractivity contribution in [3.63, 3.8) is 0 Å². The van der Waals surface area contributed by atoms with Crippen molar-refractivity contribution in [1.29, 1.82) is 0 Å². The van der Waals surface area contributed by atoms with Crippen LogP contribution in [0.25, 0.3) is 10.2 Å². The Kier molecular flexibility index (Phi) is 4.15. The second-order valence-electron chi connectivity index (χ2n) is 5.22. The number of aromatic nitrogens is 1. The van der Waals surface area contributed by atoms with Gasteiger partial charge in [0.25, 0.3) is 11.6 Å². The molecule has 25 heavy (non-hydrogen) atoms. The fraction of sp³-hybridized carbons (Fsp3) is 0.0625. The zero-order valence-corrected chi connectivity index (χ0v) is 13.6. The number of aromatic carboxylic acids is 1. The zero-order chi connectivity index (χ0) is 18.1. The Morgan fingerprint density at radius 1 is 1.16 bits per heavy atom. The lowest BCUT2D eigenvalue weighted by Gasteiger charge is -2.10. The highest BCUT2D eigenvalue weighted by atomic mass is 32.1. The molecule has 9 heteroatoms. The fourth-order valence-corrected chi connectivity index (χ4v) is 3.11. The molecule has 0 aliphatic heterocycles. The van der Waals surface area contributed by atoms with Gasteiger partial charge in [-0.1, -0.05) is 29.0 Å². The van der Waals surface area contributed by atoms with E-state index in [0.29, 0.717) is 10.2 Å². The number of hydrogen-bond acceptors (Lipinski definition) is 7. The quantitative estimate of drug-likeness (QED) is 0.564. The summed E-state index contributed by atoms with van der Waals surface area (Å²) >= 11 is 1.13. The highest BCUT2D eigenvalue weighted by molar-refractivity contribution is 7.22. The zero-order valence-electron chi connectivity index (χ0n) is 12.8. The van der Waals surface area contributed by atoms with Gasteiger partial charge in [-0.25, -0.2) is 4.98 Å². The number of carboxylic acid groups (broad SMARTS) is 1. The van der Waals surface area contributed by atoms with Crippen molar-refractivity contribution in [3.8, 4) is 0 Å². The van der Waals surface area contributed by atoms with Crippen LogP contribution in [0.5, 0.6) is 0 Å². The number of hydrogen-bond donors (Lipinski definition) is 1. The maximum atomic E-state index is 12.4. The van der Waals surface area contributed by atoms with E-state index in [1.165, 1.54) is 24.3 Å². The van der Waals surface area contributed by atoms with Gasteiger partial charge in [-0.05, 0) is 19.1 Å². The molecule has 1 aromatic heterocycles. The standard InChI is InChI=1S/C16H11N3O5S/c1-8-2-4-10(15(21)22)11(6-8)14(20)18-16-17-12-7-9(19(23)24)3-5-13(12)25-16/h2-7H,1H3,(H,21,22)(H,17,18,20)/p-1. The second kappa shape index (κ2) is 6.29. The van der Waals surface area contributed by atoms with Crippen LogP contribution in [0.1, 0.15) is 26.3 Å². The Hall–Kier alpha value is -3.33. The highest BCUT2D eigenvalue weighted by Gasteiger charge is 2.16. The minimum Gasteiger partial charge on any atom is -0.545 e. The number of thiazole rings is 1. The van der Waals surface area contributed by atoms with Crippen LogP contribution < -0.4 is 10.4 Å². The van der Waals surface area contributed by atoms with Crippen LogP contribution in [0.4, 0.5) is 10.8 Å². The van der Waals surface area contributed by atoms with E-state index in [4.69, 9.17) is 0 Å². The molecule has 1 heterocycles. The number of carbonyl (C=O) groups excluding carboxylic acids is 2. The molecule has 8 nitrogen and oxygen atoms in total. The summed E-state index contributed by atoms with van der Waals surface area (Å²) in [6.45, 7) is 1.73. The Labute approximate surface area is 144 Å². The molecule has 0 atom stereocenters. The number of fused-ring (bicyclic) bond motifs is 1. The van der Waals surface area contributed by atoms with E-state index in [0.717, 1.165) is 16.9 Å². The molecule has 0 spiro atoms. The minimum atomic E-state index is -1.45. The molecule has 0 radical (unpaired) electrons. The van der Waals surface area contributed by atoms with Crippen LogP contribution in [-0.2, 0) is 0 Å². The molecule has 3 rings (SSSR count). The van der Waals surface area contributed by atoms with Crippen molar-refractivity contribution in [3.05, 3.63) is 63.2 Å². The Bertz CT molecular complexity index is 1030. The van der Waals surface area contributed by atoms with Gasteiger partial charge in [-0.2, -0.15) is 0 Å². The highest BCUT2D eigenvalue weighted by Crippen LogP contribution is 2.29. The number of nitrogens with one attached hydrogen (secondary N) is 1. The molecule has 1 N–H and O–H groups in total. The molecule has 0 unspecified atom stereocenters. The lowest BCUT2D eigenvalue weighted by Crippen LogP contribution is -2.26. The smallest absolute Gasteiger partial charge is 0.271 e. The van der Waals surface area contributed by atoms with E-state index in [1.807, 2.05) is 0 Å². The number of aryl methyl sites for hydroxylation is 1. The first-order valence-electron chi connectivity index (χ1n) is 7.03. The number of anilines is 1. The molecule has 0 aliphatic carbocycles. The van der Waals surface area contributed by atoms with Gasteiger partial charge in [0.15, 0.2) is 5.13 Å². The van der Waals surface area contributed by atoms with Crippen molar-refractivity contribution in [1.82, 2.24) is 4.98 Å². The number of amides is 1. The van der Waals surface area contributed by atoms with Gasteiger partial charge in [0, 0.05) is 23.3 Å². The van der Waals surface area contributed by atoms with Gasteiger partial charge >= 0.3 is 0 Å². The van der Waals surface area contributed by atoms with Gasteiger partial charge in [0.2, 0.25) is 0 Å². The number of nitro groups is 1. The number of carboxylic acids is 1.